The Morgan fingerprint density at radius 3 is 2.12 bits per heavy atom. The zero-order valence-corrected chi connectivity index (χ0v) is 13.1. The molecule has 0 aliphatic carbocycles. The van der Waals surface area contributed by atoms with Crippen LogP contribution in [0, 0.1) is 13.8 Å². The second kappa shape index (κ2) is 6.41. The fourth-order valence-electron chi connectivity index (χ4n) is 2.20. The van der Waals surface area contributed by atoms with E-state index >= 15 is 0 Å². The number of ether oxygens (including phenoxy) is 1. The molecule has 0 atom stereocenters. The Hall–Kier alpha value is -3.35. The first-order valence-electron chi connectivity index (χ1n) is 7.14. The lowest BCUT2D eigenvalue weighted by molar-refractivity contribution is 0.0720. The maximum absolute atomic E-state index is 12.0. The number of aromatic nitrogens is 4. The maximum atomic E-state index is 12.0. The minimum absolute atomic E-state index is 0.0603. The van der Waals surface area contributed by atoms with Crippen molar-refractivity contribution in [2.24, 2.45) is 0 Å². The smallest absolute Gasteiger partial charge is 0.381 e. The van der Waals surface area contributed by atoms with E-state index in [1.165, 1.54) is 31.1 Å². The van der Waals surface area contributed by atoms with Gasteiger partial charge in [-0.05, 0) is 42.7 Å². The summed E-state index contributed by atoms with van der Waals surface area (Å²) >= 11 is 0. The molecule has 1 aromatic carbocycles. The number of phenols is 1. The molecular formula is C17H14N4O3. The molecule has 0 fully saturated rings. The number of carbonyl (C=O) groups is 1. The summed E-state index contributed by atoms with van der Waals surface area (Å²) in [5, 5.41) is 9.83. The minimum Gasteiger partial charge on any atom is -0.507 e. The molecule has 0 saturated carbocycles. The molecule has 24 heavy (non-hydrogen) atoms. The molecule has 0 bridgehead atoms. The number of nitrogens with zero attached hydrogens (tertiary/aromatic N) is 4. The zero-order chi connectivity index (χ0) is 17.1. The van der Waals surface area contributed by atoms with Gasteiger partial charge in [0.1, 0.15) is 12.1 Å². The number of carbonyl (C=O) groups excluding carboxylic acids is 1. The molecule has 7 heteroatoms. The minimum atomic E-state index is -0.686. The van der Waals surface area contributed by atoms with Gasteiger partial charge in [0.05, 0.1) is 12.4 Å². The van der Waals surface area contributed by atoms with Crippen molar-refractivity contribution in [1.29, 1.82) is 0 Å². The SMILES string of the molecule is Cc1cc(-c2cnc(C(=O)Oc3cncnc3)nc2)cc(C)c1O. The molecule has 3 aromatic rings. The van der Waals surface area contributed by atoms with Gasteiger partial charge in [0.15, 0.2) is 5.75 Å². The molecule has 0 unspecified atom stereocenters. The molecule has 0 aliphatic rings. The summed E-state index contributed by atoms with van der Waals surface area (Å²) in [6, 6.07) is 3.67. The summed E-state index contributed by atoms with van der Waals surface area (Å²) < 4.78 is 5.08. The van der Waals surface area contributed by atoms with Gasteiger partial charge in [-0.1, -0.05) is 0 Å². The maximum Gasteiger partial charge on any atom is 0.381 e. The second-order valence-electron chi connectivity index (χ2n) is 5.22. The molecule has 0 spiro atoms. The van der Waals surface area contributed by atoms with Crippen LogP contribution in [0.2, 0.25) is 0 Å². The Bertz CT molecular complexity index is 857. The number of hydrogen-bond donors (Lipinski definition) is 1. The lowest BCUT2D eigenvalue weighted by Gasteiger charge is -2.08. The fourth-order valence-corrected chi connectivity index (χ4v) is 2.20. The number of aromatic hydroxyl groups is 1. The van der Waals surface area contributed by atoms with E-state index < -0.39 is 5.97 Å². The average molecular weight is 322 g/mol. The van der Waals surface area contributed by atoms with Crippen LogP contribution in [0.25, 0.3) is 11.1 Å². The van der Waals surface area contributed by atoms with Crippen molar-refractivity contribution in [3.8, 4) is 22.6 Å². The van der Waals surface area contributed by atoms with Crippen LogP contribution in [0.3, 0.4) is 0 Å². The third kappa shape index (κ3) is 3.19. The summed E-state index contributed by atoms with van der Waals surface area (Å²) in [7, 11) is 0. The van der Waals surface area contributed by atoms with Crippen LogP contribution in [0.1, 0.15) is 21.7 Å². The summed E-state index contributed by atoms with van der Waals surface area (Å²) in [5.41, 5.74) is 3.12. The number of benzene rings is 1. The number of rotatable bonds is 3. The third-order valence-corrected chi connectivity index (χ3v) is 3.41. The normalized spacial score (nSPS) is 10.4. The molecule has 2 aromatic heterocycles. The van der Waals surface area contributed by atoms with Crippen molar-refractivity contribution in [3.63, 3.8) is 0 Å². The van der Waals surface area contributed by atoms with E-state index in [2.05, 4.69) is 19.9 Å². The van der Waals surface area contributed by atoms with Crippen LogP contribution in [0.15, 0.2) is 43.2 Å². The van der Waals surface area contributed by atoms with Crippen LogP contribution < -0.4 is 4.74 Å². The van der Waals surface area contributed by atoms with Gasteiger partial charge in [-0.3, -0.25) is 0 Å². The summed E-state index contributed by atoms with van der Waals surface area (Å²) in [5.74, 6) is -0.255. The van der Waals surface area contributed by atoms with Gasteiger partial charge in [0, 0.05) is 18.0 Å². The van der Waals surface area contributed by atoms with E-state index in [0.29, 0.717) is 0 Å². The molecule has 2 heterocycles. The molecule has 1 N–H and O–H groups in total. The Morgan fingerprint density at radius 1 is 0.958 bits per heavy atom. The number of esters is 1. The van der Waals surface area contributed by atoms with E-state index in [1.807, 2.05) is 26.0 Å². The van der Waals surface area contributed by atoms with Crippen molar-refractivity contribution in [1.82, 2.24) is 19.9 Å². The Labute approximate surface area is 138 Å². The van der Waals surface area contributed by atoms with Crippen molar-refractivity contribution in [3.05, 3.63) is 60.2 Å². The van der Waals surface area contributed by atoms with Crippen LogP contribution in [0.4, 0.5) is 0 Å². The van der Waals surface area contributed by atoms with Crippen LogP contribution >= 0.6 is 0 Å². The van der Waals surface area contributed by atoms with Crippen molar-refractivity contribution in [2.75, 3.05) is 0 Å². The molecular weight excluding hydrogens is 308 g/mol. The van der Waals surface area contributed by atoms with E-state index in [9.17, 15) is 9.90 Å². The number of phenolic OH excluding ortho intramolecular Hbond substituents is 1. The predicted molar refractivity (Wildman–Crippen MR) is 85.6 cm³/mol. The van der Waals surface area contributed by atoms with E-state index in [0.717, 1.165) is 22.3 Å². The van der Waals surface area contributed by atoms with E-state index in [4.69, 9.17) is 4.74 Å². The van der Waals surface area contributed by atoms with Gasteiger partial charge in [-0.2, -0.15) is 0 Å². The fraction of sp³-hybridized carbons (Fsp3) is 0.118. The van der Waals surface area contributed by atoms with Crippen LogP contribution in [-0.2, 0) is 0 Å². The molecule has 0 saturated heterocycles. The second-order valence-corrected chi connectivity index (χ2v) is 5.22. The lowest BCUT2D eigenvalue weighted by Crippen LogP contribution is -2.12. The monoisotopic (exact) mass is 322 g/mol. The molecule has 120 valence electrons. The van der Waals surface area contributed by atoms with Gasteiger partial charge < -0.3 is 9.84 Å². The van der Waals surface area contributed by atoms with Crippen molar-refractivity contribution in [2.45, 2.75) is 13.8 Å². The highest BCUT2D eigenvalue weighted by Gasteiger charge is 2.13. The first kappa shape index (κ1) is 15.5. The average Bonchev–Trinajstić information content (AvgIpc) is 2.60. The first-order chi connectivity index (χ1) is 11.5. The van der Waals surface area contributed by atoms with Crippen molar-refractivity contribution < 1.29 is 14.6 Å². The Balaban J connectivity index is 1.82. The van der Waals surface area contributed by atoms with Gasteiger partial charge in [-0.15, -0.1) is 0 Å². The van der Waals surface area contributed by atoms with E-state index in [-0.39, 0.29) is 17.3 Å². The first-order valence-corrected chi connectivity index (χ1v) is 7.14. The quantitative estimate of drug-likeness (QED) is 0.740. The van der Waals surface area contributed by atoms with Gasteiger partial charge in [0.2, 0.25) is 5.82 Å². The zero-order valence-electron chi connectivity index (χ0n) is 13.1. The van der Waals surface area contributed by atoms with Crippen LogP contribution in [-0.4, -0.2) is 31.0 Å². The molecule has 7 nitrogen and oxygen atoms in total. The van der Waals surface area contributed by atoms with E-state index in [1.54, 1.807) is 0 Å². The van der Waals surface area contributed by atoms with Gasteiger partial charge in [0.25, 0.3) is 0 Å². The highest BCUT2D eigenvalue weighted by molar-refractivity contribution is 5.87. The standard InChI is InChI=1S/C17H14N4O3/c1-10-3-12(4-11(2)15(10)22)13-5-20-16(21-6-13)17(23)24-14-7-18-9-19-8-14/h3-9,22H,1-2H3. The summed E-state index contributed by atoms with van der Waals surface area (Å²) in [4.78, 5) is 27.6. The lowest BCUT2D eigenvalue weighted by atomic mass is 10.0. The highest BCUT2D eigenvalue weighted by Crippen LogP contribution is 2.28. The Kier molecular flexibility index (Phi) is 4.15. The number of aryl methyl sites for hydroxylation is 2. The molecule has 3 rings (SSSR count). The molecule has 0 radical (unpaired) electrons. The predicted octanol–water partition coefficient (Wildman–Crippen LogP) is 2.48. The van der Waals surface area contributed by atoms with Crippen LogP contribution in [0.5, 0.6) is 11.5 Å². The Morgan fingerprint density at radius 2 is 1.54 bits per heavy atom. The highest BCUT2D eigenvalue weighted by atomic mass is 16.5. The summed E-state index contributed by atoms with van der Waals surface area (Å²) in [6.45, 7) is 3.64. The van der Waals surface area contributed by atoms with Gasteiger partial charge >= 0.3 is 5.97 Å². The topological polar surface area (TPSA) is 98.1 Å². The molecule has 0 aliphatic heterocycles. The largest absolute Gasteiger partial charge is 0.507 e. The van der Waals surface area contributed by atoms with Gasteiger partial charge in [-0.25, -0.2) is 24.7 Å². The summed E-state index contributed by atoms with van der Waals surface area (Å²) in [6.07, 6.45) is 7.17. The van der Waals surface area contributed by atoms with Crippen molar-refractivity contribution >= 4 is 5.97 Å². The molecule has 0 amide bonds. The number of hydrogen-bond acceptors (Lipinski definition) is 7. The third-order valence-electron chi connectivity index (χ3n) is 3.41.